The number of non-ortho nitro benzene ring substituents is 1. The molecule has 0 aliphatic carbocycles. The lowest BCUT2D eigenvalue weighted by molar-refractivity contribution is -0.384. The number of benzene rings is 1. The third-order valence-corrected chi connectivity index (χ3v) is 3.97. The van der Waals surface area contributed by atoms with Crippen LogP contribution in [-0.4, -0.2) is 14.9 Å². The van der Waals surface area contributed by atoms with Crippen LogP contribution in [0.5, 0.6) is 0 Å². The van der Waals surface area contributed by atoms with Gasteiger partial charge in [-0.05, 0) is 34.8 Å². The fraction of sp³-hybridized carbons (Fsp3) is 0.286. The van der Waals surface area contributed by atoms with Crippen molar-refractivity contribution in [2.45, 2.75) is 26.7 Å². The summed E-state index contributed by atoms with van der Waals surface area (Å²) >= 11 is 3.39. The lowest BCUT2D eigenvalue weighted by Crippen LogP contribution is -2.04. The number of anilines is 1. The predicted octanol–water partition coefficient (Wildman–Crippen LogP) is 3.66. The van der Waals surface area contributed by atoms with Crippen molar-refractivity contribution < 1.29 is 4.92 Å². The Hall–Kier alpha value is -2.02. The van der Waals surface area contributed by atoms with Crippen LogP contribution in [0.3, 0.4) is 0 Å². The highest BCUT2D eigenvalue weighted by molar-refractivity contribution is 9.10. The molecule has 2 rings (SSSR count). The normalized spacial score (nSPS) is 10.6. The number of nitro benzene ring substituents is 1. The molecule has 0 atom stereocenters. The van der Waals surface area contributed by atoms with Gasteiger partial charge >= 0.3 is 0 Å². The van der Waals surface area contributed by atoms with Gasteiger partial charge in [0.1, 0.15) is 5.82 Å². The average Bonchev–Trinajstić information content (AvgIpc) is 2.44. The molecule has 7 heteroatoms. The van der Waals surface area contributed by atoms with Crippen LogP contribution in [0.1, 0.15) is 24.6 Å². The monoisotopic (exact) mass is 350 g/mol. The molecular formula is C14H15BrN4O2. The molecule has 1 aromatic carbocycles. The van der Waals surface area contributed by atoms with Crippen molar-refractivity contribution in [3.05, 3.63) is 44.0 Å². The van der Waals surface area contributed by atoms with Crippen LogP contribution < -0.4 is 5.73 Å². The van der Waals surface area contributed by atoms with E-state index in [-0.39, 0.29) is 5.69 Å². The summed E-state index contributed by atoms with van der Waals surface area (Å²) in [5, 5.41) is 10.9. The molecule has 0 amide bonds. The minimum Gasteiger partial charge on any atom is -0.383 e. The molecule has 2 N–H and O–H groups in total. The van der Waals surface area contributed by atoms with Gasteiger partial charge in [-0.2, -0.15) is 0 Å². The van der Waals surface area contributed by atoms with Crippen molar-refractivity contribution >= 4 is 27.4 Å². The van der Waals surface area contributed by atoms with Gasteiger partial charge in [-0.1, -0.05) is 19.4 Å². The Morgan fingerprint density at radius 2 is 2.10 bits per heavy atom. The van der Waals surface area contributed by atoms with E-state index in [4.69, 9.17) is 5.73 Å². The predicted molar refractivity (Wildman–Crippen MR) is 85.0 cm³/mol. The van der Waals surface area contributed by atoms with Gasteiger partial charge in [0, 0.05) is 17.7 Å². The van der Waals surface area contributed by atoms with Gasteiger partial charge in [0.2, 0.25) is 0 Å². The molecule has 1 aromatic heterocycles. The molecule has 0 saturated heterocycles. The molecule has 0 fully saturated rings. The van der Waals surface area contributed by atoms with Gasteiger partial charge < -0.3 is 5.73 Å². The average molecular weight is 351 g/mol. The zero-order chi connectivity index (χ0) is 15.6. The number of nitrogens with two attached hydrogens (primary N) is 1. The molecule has 0 aliphatic rings. The highest BCUT2D eigenvalue weighted by atomic mass is 79.9. The van der Waals surface area contributed by atoms with Crippen LogP contribution in [0.2, 0.25) is 0 Å². The third-order valence-electron chi connectivity index (χ3n) is 3.11. The van der Waals surface area contributed by atoms with E-state index in [0.717, 1.165) is 24.1 Å². The van der Waals surface area contributed by atoms with Gasteiger partial charge in [-0.3, -0.25) is 10.1 Å². The van der Waals surface area contributed by atoms with E-state index in [1.54, 1.807) is 6.07 Å². The summed E-state index contributed by atoms with van der Waals surface area (Å²) in [5.74, 6) is 0.759. The van der Waals surface area contributed by atoms with Crippen molar-refractivity contribution in [1.29, 1.82) is 0 Å². The quantitative estimate of drug-likeness (QED) is 0.670. The molecule has 0 spiro atoms. The Morgan fingerprint density at radius 3 is 2.71 bits per heavy atom. The minimum atomic E-state index is -0.432. The van der Waals surface area contributed by atoms with Crippen LogP contribution in [0, 0.1) is 17.0 Å². The highest BCUT2D eigenvalue weighted by Gasteiger charge is 2.15. The van der Waals surface area contributed by atoms with Gasteiger partial charge in [-0.15, -0.1) is 0 Å². The Balaban J connectivity index is 2.61. The molecule has 0 radical (unpaired) electrons. The summed E-state index contributed by atoms with van der Waals surface area (Å²) in [7, 11) is 0. The molecule has 0 unspecified atom stereocenters. The maximum Gasteiger partial charge on any atom is 0.270 e. The fourth-order valence-electron chi connectivity index (χ4n) is 2.00. The van der Waals surface area contributed by atoms with Gasteiger partial charge in [0.15, 0.2) is 5.82 Å². The SMILES string of the molecule is CCCc1nc(-c2cc([N+](=O)[O-])ccc2C)nc(N)c1Br. The molecule has 6 nitrogen and oxygen atoms in total. The largest absolute Gasteiger partial charge is 0.383 e. The first-order chi connectivity index (χ1) is 9.93. The third kappa shape index (κ3) is 3.18. The highest BCUT2D eigenvalue weighted by Crippen LogP contribution is 2.29. The van der Waals surface area contributed by atoms with Gasteiger partial charge in [0.05, 0.1) is 15.1 Å². The standard InChI is InChI=1S/C14H15BrN4O2/c1-3-4-11-12(15)13(16)18-14(17-11)10-7-9(19(20)21)6-5-8(10)2/h5-7H,3-4H2,1-2H3,(H2,16,17,18). The number of aromatic nitrogens is 2. The topological polar surface area (TPSA) is 94.9 Å². The molecule has 1 heterocycles. The van der Waals surface area contributed by atoms with Crippen molar-refractivity contribution in [1.82, 2.24) is 9.97 Å². The molecule has 110 valence electrons. The molecule has 0 bridgehead atoms. The van der Waals surface area contributed by atoms with E-state index >= 15 is 0 Å². The van der Waals surface area contributed by atoms with E-state index < -0.39 is 4.92 Å². The molecular weight excluding hydrogens is 336 g/mol. The van der Waals surface area contributed by atoms with Crippen LogP contribution >= 0.6 is 15.9 Å². The maximum atomic E-state index is 10.9. The van der Waals surface area contributed by atoms with E-state index in [0.29, 0.717) is 21.7 Å². The van der Waals surface area contributed by atoms with Crippen LogP contribution in [0.15, 0.2) is 22.7 Å². The molecule has 0 saturated carbocycles. The number of nitrogens with zero attached hydrogens (tertiary/aromatic N) is 3. The first kappa shape index (κ1) is 15.4. The van der Waals surface area contributed by atoms with Crippen LogP contribution in [-0.2, 0) is 6.42 Å². The van der Waals surface area contributed by atoms with Crippen LogP contribution in [0.4, 0.5) is 11.5 Å². The number of nitro groups is 1. The van der Waals surface area contributed by atoms with Crippen molar-refractivity contribution in [3.63, 3.8) is 0 Å². The van der Waals surface area contributed by atoms with Crippen molar-refractivity contribution in [2.75, 3.05) is 5.73 Å². The summed E-state index contributed by atoms with van der Waals surface area (Å²) in [6.07, 6.45) is 1.68. The fourth-order valence-corrected chi connectivity index (χ4v) is 2.38. The number of rotatable bonds is 4. The zero-order valence-electron chi connectivity index (χ0n) is 11.8. The Morgan fingerprint density at radius 1 is 1.38 bits per heavy atom. The first-order valence-electron chi connectivity index (χ1n) is 6.51. The smallest absolute Gasteiger partial charge is 0.270 e. The second-order valence-corrected chi connectivity index (χ2v) is 5.49. The van der Waals surface area contributed by atoms with E-state index in [1.807, 2.05) is 13.8 Å². The lowest BCUT2D eigenvalue weighted by Gasteiger charge is -2.10. The number of halogens is 1. The van der Waals surface area contributed by atoms with Crippen molar-refractivity contribution in [3.8, 4) is 11.4 Å². The summed E-state index contributed by atoms with van der Waals surface area (Å²) in [5.41, 5.74) is 8.22. The van der Waals surface area contributed by atoms with E-state index in [1.165, 1.54) is 12.1 Å². The lowest BCUT2D eigenvalue weighted by atomic mass is 10.1. The summed E-state index contributed by atoms with van der Waals surface area (Å²) < 4.78 is 0.691. The summed E-state index contributed by atoms with van der Waals surface area (Å²) in [4.78, 5) is 19.2. The summed E-state index contributed by atoms with van der Waals surface area (Å²) in [6.45, 7) is 3.91. The van der Waals surface area contributed by atoms with Gasteiger partial charge in [0.25, 0.3) is 5.69 Å². The molecule has 21 heavy (non-hydrogen) atoms. The Kier molecular flexibility index (Phi) is 4.52. The number of hydrogen-bond donors (Lipinski definition) is 1. The second-order valence-electron chi connectivity index (χ2n) is 4.70. The maximum absolute atomic E-state index is 10.9. The minimum absolute atomic E-state index is 0.0118. The number of hydrogen-bond acceptors (Lipinski definition) is 5. The Bertz CT molecular complexity index is 704. The summed E-state index contributed by atoms with van der Waals surface area (Å²) in [6, 6.07) is 4.64. The Labute approximate surface area is 130 Å². The van der Waals surface area contributed by atoms with Crippen LogP contribution in [0.25, 0.3) is 11.4 Å². The number of aryl methyl sites for hydroxylation is 2. The number of nitrogen functional groups attached to an aromatic ring is 1. The van der Waals surface area contributed by atoms with E-state index in [9.17, 15) is 10.1 Å². The van der Waals surface area contributed by atoms with Gasteiger partial charge in [-0.25, -0.2) is 9.97 Å². The zero-order valence-corrected chi connectivity index (χ0v) is 13.3. The first-order valence-corrected chi connectivity index (χ1v) is 7.30. The van der Waals surface area contributed by atoms with E-state index in [2.05, 4.69) is 25.9 Å². The van der Waals surface area contributed by atoms with Crippen molar-refractivity contribution in [2.24, 2.45) is 0 Å². The molecule has 0 aliphatic heterocycles. The molecule has 2 aromatic rings. The second kappa shape index (κ2) is 6.17.